The molecule has 0 aliphatic carbocycles. The minimum absolute atomic E-state index is 0.0280. The first-order chi connectivity index (χ1) is 17.5. The number of methoxy groups -OCH3 is 1. The molecular formula is C25H22ClN7O3. The van der Waals surface area contributed by atoms with Crippen LogP contribution >= 0.6 is 11.6 Å². The number of rotatable bonds is 3. The van der Waals surface area contributed by atoms with Crippen molar-refractivity contribution in [3.05, 3.63) is 69.2 Å². The zero-order chi connectivity index (χ0) is 24.8. The maximum Gasteiger partial charge on any atom is 0.292 e. The van der Waals surface area contributed by atoms with Crippen molar-refractivity contribution in [3.8, 4) is 17.0 Å². The lowest BCUT2D eigenvalue weighted by molar-refractivity contribution is 0.0941. The van der Waals surface area contributed by atoms with Crippen molar-refractivity contribution in [1.29, 1.82) is 0 Å². The molecule has 0 fully saturated rings. The van der Waals surface area contributed by atoms with Gasteiger partial charge in [0.05, 0.1) is 34.8 Å². The zero-order valence-electron chi connectivity index (χ0n) is 19.2. The van der Waals surface area contributed by atoms with Gasteiger partial charge in [-0.15, -0.1) is 0 Å². The van der Waals surface area contributed by atoms with Gasteiger partial charge >= 0.3 is 0 Å². The maximum atomic E-state index is 13.2. The molecule has 0 saturated carbocycles. The minimum atomic E-state index is -0.358. The Labute approximate surface area is 210 Å². The molecule has 1 atom stereocenters. The molecule has 0 radical (unpaired) electrons. The second-order valence-electron chi connectivity index (χ2n) is 8.57. The van der Waals surface area contributed by atoms with Crippen LogP contribution in [0.2, 0.25) is 5.02 Å². The van der Waals surface area contributed by atoms with Gasteiger partial charge < -0.3 is 30.7 Å². The van der Waals surface area contributed by atoms with Gasteiger partial charge in [0.15, 0.2) is 17.2 Å². The molecule has 4 bridgehead atoms. The van der Waals surface area contributed by atoms with Crippen LogP contribution in [0.5, 0.6) is 5.75 Å². The summed E-state index contributed by atoms with van der Waals surface area (Å²) in [5.74, 6) is 0.490. The molecule has 2 aliphatic heterocycles. The number of nitrogens with zero attached hydrogens (tertiary/aromatic N) is 2. The highest BCUT2D eigenvalue weighted by atomic mass is 35.5. The molecule has 5 heterocycles. The van der Waals surface area contributed by atoms with Crippen LogP contribution in [-0.4, -0.2) is 46.0 Å². The summed E-state index contributed by atoms with van der Waals surface area (Å²) >= 11 is 6.38. The second-order valence-corrected chi connectivity index (χ2v) is 8.98. The number of ether oxygens (including phenoxy) is 1. The number of fused-ring (bicyclic) bond motifs is 3. The molecule has 11 heteroatoms. The Morgan fingerprint density at radius 3 is 2.89 bits per heavy atom. The number of hydrogen-bond donors (Lipinski definition) is 5. The number of aromatic nitrogens is 4. The van der Waals surface area contributed by atoms with E-state index in [4.69, 9.17) is 16.3 Å². The van der Waals surface area contributed by atoms with E-state index >= 15 is 0 Å². The molecule has 2 aliphatic rings. The number of pyridine rings is 1. The number of H-pyrrole nitrogens is 2. The van der Waals surface area contributed by atoms with Crippen molar-refractivity contribution < 1.29 is 9.53 Å². The molecule has 4 aromatic rings. The molecule has 0 saturated heterocycles. The Kier molecular flexibility index (Phi) is 5.37. The van der Waals surface area contributed by atoms with E-state index in [1.165, 1.54) is 0 Å². The summed E-state index contributed by atoms with van der Waals surface area (Å²) in [6.07, 6.45) is 6.28. The van der Waals surface area contributed by atoms with E-state index in [9.17, 15) is 9.59 Å². The molecule has 3 aromatic heterocycles. The van der Waals surface area contributed by atoms with Crippen molar-refractivity contribution in [3.63, 3.8) is 0 Å². The molecule has 1 aromatic carbocycles. The number of para-hydroxylation sites is 1. The van der Waals surface area contributed by atoms with Crippen LogP contribution in [0, 0.1) is 0 Å². The summed E-state index contributed by atoms with van der Waals surface area (Å²) in [6.45, 7) is 0.944. The molecule has 1 unspecified atom stereocenters. The Hall–Kier alpha value is -4.31. The van der Waals surface area contributed by atoms with Gasteiger partial charge in [0.2, 0.25) is 0 Å². The molecule has 182 valence electrons. The van der Waals surface area contributed by atoms with Gasteiger partial charge in [-0.2, -0.15) is 0 Å². The van der Waals surface area contributed by atoms with Crippen molar-refractivity contribution in [1.82, 2.24) is 25.3 Å². The molecule has 0 spiro atoms. The topological polar surface area (TPSA) is 137 Å². The lowest BCUT2D eigenvalue weighted by atomic mass is 9.93. The normalized spacial score (nSPS) is 17.4. The van der Waals surface area contributed by atoms with Crippen LogP contribution in [0.1, 0.15) is 28.4 Å². The number of hydrogen-bond acceptors (Lipinski definition) is 7. The predicted octanol–water partition coefficient (Wildman–Crippen LogP) is 3.92. The number of benzene rings is 1. The summed E-state index contributed by atoms with van der Waals surface area (Å²) < 4.78 is 5.54. The third kappa shape index (κ3) is 3.57. The van der Waals surface area contributed by atoms with Gasteiger partial charge in [0.1, 0.15) is 5.52 Å². The van der Waals surface area contributed by atoms with Crippen LogP contribution < -0.4 is 26.2 Å². The Balaban J connectivity index is 1.66. The summed E-state index contributed by atoms with van der Waals surface area (Å²) in [5, 5.41) is 9.94. The monoisotopic (exact) mass is 503 g/mol. The van der Waals surface area contributed by atoms with E-state index in [0.29, 0.717) is 69.6 Å². The Morgan fingerprint density at radius 2 is 2.03 bits per heavy atom. The van der Waals surface area contributed by atoms with Crippen molar-refractivity contribution in [2.24, 2.45) is 0 Å². The fraction of sp³-hybridized carbons (Fsp3) is 0.200. The zero-order valence-corrected chi connectivity index (χ0v) is 20.0. The second kappa shape index (κ2) is 8.72. The summed E-state index contributed by atoms with van der Waals surface area (Å²) in [4.78, 5) is 41.0. The van der Waals surface area contributed by atoms with Crippen LogP contribution in [0.4, 0.5) is 17.2 Å². The van der Waals surface area contributed by atoms with Crippen molar-refractivity contribution >= 4 is 45.9 Å². The van der Waals surface area contributed by atoms with Crippen molar-refractivity contribution in [2.75, 3.05) is 30.8 Å². The first kappa shape index (κ1) is 22.2. The van der Waals surface area contributed by atoms with Gasteiger partial charge in [0.25, 0.3) is 11.5 Å². The average molecular weight is 504 g/mol. The fourth-order valence-corrected chi connectivity index (χ4v) is 5.01. The number of amides is 1. The standard InChI is InChI=1S/C25H22ClN7O3/c1-36-21-14(26)6-4-7-15(21)30-20-16-17-12(11-29-24(16)34)5-2-3-9-27-23-25(35)33-22-19(32-23)13(8-10-28-22)18(20)31-17/h2-4,6-8,10,12,30-31H,5,9,11H2,1H3,(H,27,32)(H,29,34)(H,28,33,35)/b3-2-. The third-order valence-corrected chi connectivity index (χ3v) is 6.74. The molecule has 5 N–H and O–H groups in total. The first-order valence-corrected chi connectivity index (χ1v) is 11.8. The van der Waals surface area contributed by atoms with E-state index in [2.05, 4.69) is 35.9 Å². The fourth-order valence-electron chi connectivity index (χ4n) is 4.75. The largest absolute Gasteiger partial charge is 0.493 e. The Morgan fingerprint density at radius 1 is 1.14 bits per heavy atom. The number of nitrogens with one attached hydrogen (secondary N) is 5. The van der Waals surface area contributed by atoms with E-state index < -0.39 is 0 Å². The summed E-state index contributed by atoms with van der Waals surface area (Å²) in [7, 11) is 1.54. The number of carbonyl (C=O) groups is 1. The van der Waals surface area contributed by atoms with Crippen LogP contribution in [0.3, 0.4) is 0 Å². The number of carbonyl (C=O) groups excluding carboxylic acids is 1. The minimum Gasteiger partial charge on any atom is -0.493 e. The third-order valence-electron chi connectivity index (χ3n) is 6.44. The first-order valence-electron chi connectivity index (χ1n) is 11.5. The lowest BCUT2D eigenvalue weighted by Crippen LogP contribution is -2.34. The predicted molar refractivity (Wildman–Crippen MR) is 139 cm³/mol. The number of halogens is 1. The SMILES string of the molecule is COc1c(Cl)cccc1Nc1c2[nH]c3c1C(=O)NCC3C/C=C\CNc1nc3c-2ccnc3[nH]c1=O. The molecule has 1 amide bonds. The molecule has 10 nitrogen and oxygen atoms in total. The van der Waals surface area contributed by atoms with E-state index in [-0.39, 0.29) is 23.2 Å². The van der Waals surface area contributed by atoms with Gasteiger partial charge in [-0.25, -0.2) is 9.97 Å². The Bertz CT molecular complexity index is 1610. The number of allylic oxidation sites excluding steroid dienone is 1. The quantitative estimate of drug-likeness (QED) is 0.267. The molecular weight excluding hydrogens is 482 g/mol. The maximum absolute atomic E-state index is 13.2. The molecule has 6 rings (SSSR count). The highest BCUT2D eigenvalue weighted by Crippen LogP contribution is 2.44. The van der Waals surface area contributed by atoms with E-state index in [0.717, 1.165) is 5.69 Å². The number of aromatic amines is 2. The summed E-state index contributed by atoms with van der Waals surface area (Å²) in [5.41, 5.74) is 4.29. The van der Waals surface area contributed by atoms with Crippen LogP contribution in [0.15, 0.2) is 47.4 Å². The lowest BCUT2D eigenvalue weighted by Gasteiger charge is -2.23. The van der Waals surface area contributed by atoms with Crippen LogP contribution in [0.25, 0.3) is 22.4 Å². The highest BCUT2D eigenvalue weighted by molar-refractivity contribution is 6.32. The summed E-state index contributed by atoms with van der Waals surface area (Å²) in [6, 6.07) is 7.17. The van der Waals surface area contributed by atoms with Gasteiger partial charge in [-0.05, 0) is 24.6 Å². The van der Waals surface area contributed by atoms with Gasteiger partial charge in [0, 0.05) is 36.5 Å². The number of anilines is 3. The van der Waals surface area contributed by atoms with Gasteiger partial charge in [-0.1, -0.05) is 29.8 Å². The smallest absolute Gasteiger partial charge is 0.292 e. The average Bonchev–Trinajstić information content (AvgIpc) is 3.25. The molecule has 36 heavy (non-hydrogen) atoms. The van der Waals surface area contributed by atoms with E-state index in [1.807, 2.05) is 18.2 Å². The van der Waals surface area contributed by atoms with Crippen molar-refractivity contribution in [2.45, 2.75) is 12.3 Å². The van der Waals surface area contributed by atoms with Crippen LogP contribution in [-0.2, 0) is 0 Å². The highest BCUT2D eigenvalue weighted by Gasteiger charge is 2.33. The van der Waals surface area contributed by atoms with Gasteiger partial charge in [-0.3, -0.25) is 9.59 Å². The van der Waals surface area contributed by atoms with E-state index in [1.54, 1.807) is 31.5 Å².